The van der Waals surface area contributed by atoms with Gasteiger partial charge in [0, 0.05) is 11.8 Å². The van der Waals surface area contributed by atoms with Crippen LogP contribution in [0, 0.1) is 22.7 Å². The highest BCUT2D eigenvalue weighted by Crippen LogP contribution is 2.65. The Morgan fingerprint density at radius 3 is 1.48 bits per heavy atom. The topological polar surface area (TPSA) is 48.9 Å². The van der Waals surface area contributed by atoms with Crippen LogP contribution in [-0.4, -0.2) is 13.9 Å². The Hall–Kier alpha value is -2.56. The van der Waals surface area contributed by atoms with Crippen LogP contribution in [-0.2, 0) is 0 Å². The van der Waals surface area contributed by atoms with Gasteiger partial charge in [0.05, 0.1) is 17.8 Å². The largest absolute Gasteiger partial charge is 0.352 e. The van der Waals surface area contributed by atoms with Gasteiger partial charge in [-0.25, -0.2) is 23.5 Å². The molecular weight excluding hydrogens is 362 g/mol. The molecule has 2 aromatic rings. The summed E-state index contributed by atoms with van der Waals surface area (Å²) in [6.45, 7) is 13.6. The van der Waals surface area contributed by atoms with E-state index in [9.17, 15) is 9.59 Å². The summed E-state index contributed by atoms with van der Waals surface area (Å²) in [5.41, 5.74) is 3.15. The molecule has 1 aromatic heterocycles. The van der Waals surface area contributed by atoms with Crippen LogP contribution in [0.25, 0.3) is 5.69 Å². The molecule has 0 unspecified atom stereocenters. The summed E-state index contributed by atoms with van der Waals surface area (Å²) in [7, 11) is 0. The van der Waals surface area contributed by atoms with Crippen molar-refractivity contribution < 1.29 is 0 Å². The van der Waals surface area contributed by atoms with Crippen molar-refractivity contribution in [3.8, 4) is 5.69 Å². The summed E-state index contributed by atoms with van der Waals surface area (Å²) >= 11 is 0. The minimum absolute atomic E-state index is 0.0336. The second-order valence-corrected chi connectivity index (χ2v) is 10.7. The molecule has 2 bridgehead atoms. The van der Waals surface area contributed by atoms with Crippen LogP contribution >= 0.6 is 0 Å². The third-order valence-electron chi connectivity index (χ3n) is 6.79. The fraction of sp³-hybridized carbons (Fsp3) is 0.500. The lowest BCUT2D eigenvalue weighted by atomic mass is 9.49. The molecule has 0 saturated carbocycles. The maximum atomic E-state index is 13.4. The quantitative estimate of drug-likeness (QED) is 0.687. The van der Waals surface area contributed by atoms with Crippen molar-refractivity contribution in [2.24, 2.45) is 22.7 Å². The van der Waals surface area contributed by atoms with E-state index < -0.39 is 0 Å². The maximum Gasteiger partial charge on any atom is 0.352 e. The monoisotopic (exact) mass is 391 g/mol. The molecule has 3 heterocycles. The van der Waals surface area contributed by atoms with Gasteiger partial charge in [0.1, 0.15) is 0 Å². The first kappa shape index (κ1) is 18.5. The average Bonchev–Trinajstić information content (AvgIpc) is 2.86. The van der Waals surface area contributed by atoms with Crippen molar-refractivity contribution in [1.82, 2.24) is 13.9 Å². The lowest BCUT2D eigenvalue weighted by Gasteiger charge is -2.60. The van der Waals surface area contributed by atoms with Gasteiger partial charge in [-0.2, -0.15) is 0 Å². The number of allylic oxidation sites excluding steroid dienone is 4. The second kappa shape index (κ2) is 5.53. The Kier molecular flexibility index (Phi) is 3.52. The normalized spacial score (nSPS) is 27.7. The minimum Gasteiger partial charge on any atom is -0.245 e. The molecule has 29 heavy (non-hydrogen) atoms. The molecule has 0 radical (unpaired) electrons. The van der Waals surface area contributed by atoms with E-state index in [2.05, 4.69) is 53.7 Å². The van der Waals surface area contributed by atoms with Crippen molar-refractivity contribution in [1.29, 1.82) is 0 Å². The molecule has 152 valence electrons. The molecule has 0 N–H and O–H groups in total. The second-order valence-electron chi connectivity index (χ2n) is 10.7. The summed E-state index contributed by atoms with van der Waals surface area (Å²) in [4.78, 5) is 26.8. The van der Waals surface area contributed by atoms with Gasteiger partial charge in [0.25, 0.3) is 0 Å². The Labute approximate surface area is 171 Å². The highest BCUT2D eigenvalue weighted by molar-refractivity contribution is 5.46. The first-order chi connectivity index (χ1) is 13.5. The molecule has 0 fully saturated rings. The molecule has 5 nitrogen and oxygen atoms in total. The molecule has 1 aromatic carbocycles. The van der Waals surface area contributed by atoms with Gasteiger partial charge in [0.15, 0.2) is 0 Å². The molecule has 2 aliphatic carbocycles. The molecule has 2 aliphatic heterocycles. The van der Waals surface area contributed by atoms with E-state index in [-0.39, 0.29) is 46.1 Å². The fourth-order valence-corrected chi connectivity index (χ4v) is 5.94. The van der Waals surface area contributed by atoms with Crippen LogP contribution in [0.3, 0.4) is 0 Å². The minimum atomic E-state index is -0.239. The summed E-state index contributed by atoms with van der Waals surface area (Å²) in [5.74, 6) is 0.561. The Morgan fingerprint density at radius 1 is 0.690 bits per heavy atom. The standard InChI is InChI=1S/C24H29N3O2/c1-23(2,3)19-17-15-12-13-16(18(17)20(19)24(4,5)6)27-22(29)25(21(28)26(15)27)14-10-8-7-9-11-14/h7-13,15-18H,1-6H3/t15-,16-,17-,18+/m0/s1. The predicted octanol–water partition coefficient (Wildman–Crippen LogP) is 4.10. The summed E-state index contributed by atoms with van der Waals surface area (Å²) in [6.07, 6.45) is 4.29. The van der Waals surface area contributed by atoms with Gasteiger partial charge in [-0.1, -0.05) is 83.0 Å². The number of aromatic nitrogens is 3. The molecule has 5 heteroatoms. The SMILES string of the molecule is CC(C)(C)C1=C(C(C)(C)C)[C@H]2[C@@H]1[C@@H]1C=C[C@@H]2n2c(=O)n(-c3ccccc3)c(=O)n21. The van der Waals surface area contributed by atoms with E-state index in [1.807, 2.05) is 30.3 Å². The number of hydrogen-bond donors (Lipinski definition) is 0. The van der Waals surface area contributed by atoms with Crippen molar-refractivity contribution >= 4 is 0 Å². The van der Waals surface area contributed by atoms with Gasteiger partial charge in [0.2, 0.25) is 0 Å². The van der Waals surface area contributed by atoms with E-state index in [1.54, 1.807) is 9.36 Å². The smallest absolute Gasteiger partial charge is 0.245 e. The number of hydrogen-bond acceptors (Lipinski definition) is 2. The summed E-state index contributed by atoms with van der Waals surface area (Å²) < 4.78 is 4.75. The molecule has 0 amide bonds. The molecular formula is C24H29N3O2. The predicted molar refractivity (Wildman–Crippen MR) is 114 cm³/mol. The maximum absolute atomic E-state index is 13.4. The third-order valence-corrected chi connectivity index (χ3v) is 6.79. The molecule has 0 spiro atoms. The first-order valence-electron chi connectivity index (χ1n) is 10.5. The Bertz CT molecular complexity index is 1100. The fourth-order valence-electron chi connectivity index (χ4n) is 5.94. The highest BCUT2D eigenvalue weighted by atomic mass is 16.2. The summed E-state index contributed by atoms with van der Waals surface area (Å²) in [6, 6.07) is 9.04. The van der Waals surface area contributed by atoms with Gasteiger partial charge in [-0.15, -0.1) is 0 Å². The van der Waals surface area contributed by atoms with Crippen LogP contribution in [0.5, 0.6) is 0 Å². The number of nitrogens with zero attached hydrogens (tertiary/aromatic N) is 3. The highest BCUT2D eigenvalue weighted by Gasteiger charge is 2.59. The van der Waals surface area contributed by atoms with E-state index in [0.29, 0.717) is 5.69 Å². The Balaban J connectivity index is 1.75. The van der Waals surface area contributed by atoms with Crippen molar-refractivity contribution in [3.63, 3.8) is 0 Å². The molecule has 4 aliphatic rings. The zero-order chi connectivity index (χ0) is 20.9. The lowest BCUT2D eigenvalue weighted by molar-refractivity contribution is 0.0738. The van der Waals surface area contributed by atoms with Crippen molar-refractivity contribution in [3.05, 3.63) is 74.6 Å². The van der Waals surface area contributed by atoms with E-state index in [0.717, 1.165) is 0 Å². The molecule has 6 rings (SSSR count). The molecule has 4 atom stereocenters. The van der Waals surface area contributed by atoms with Crippen LogP contribution in [0.2, 0.25) is 0 Å². The van der Waals surface area contributed by atoms with Crippen molar-refractivity contribution in [2.45, 2.75) is 53.6 Å². The van der Waals surface area contributed by atoms with Crippen LogP contribution in [0.15, 0.2) is 63.2 Å². The number of benzene rings is 1. The lowest BCUT2D eigenvalue weighted by Crippen LogP contribution is -2.57. The number of para-hydroxylation sites is 1. The van der Waals surface area contributed by atoms with Gasteiger partial charge >= 0.3 is 11.4 Å². The zero-order valence-corrected chi connectivity index (χ0v) is 18.0. The summed E-state index contributed by atoms with van der Waals surface area (Å²) in [5, 5.41) is 0. The average molecular weight is 392 g/mol. The third kappa shape index (κ3) is 2.27. The van der Waals surface area contributed by atoms with Crippen molar-refractivity contribution in [2.75, 3.05) is 0 Å². The van der Waals surface area contributed by atoms with Crippen LogP contribution < -0.4 is 11.4 Å². The number of rotatable bonds is 1. The van der Waals surface area contributed by atoms with E-state index in [4.69, 9.17) is 0 Å². The molecule has 0 saturated heterocycles. The van der Waals surface area contributed by atoms with E-state index >= 15 is 0 Å². The van der Waals surface area contributed by atoms with Crippen LogP contribution in [0.4, 0.5) is 0 Å². The Morgan fingerprint density at radius 2 is 1.10 bits per heavy atom. The van der Waals surface area contributed by atoms with E-state index in [1.165, 1.54) is 15.7 Å². The zero-order valence-electron chi connectivity index (χ0n) is 18.0. The van der Waals surface area contributed by atoms with Crippen LogP contribution in [0.1, 0.15) is 53.6 Å². The van der Waals surface area contributed by atoms with Gasteiger partial charge in [-0.3, -0.25) is 0 Å². The van der Waals surface area contributed by atoms with Gasteiger partial charge < -0.3 is 0 Å². The van der Waals surface area contributed by atoms with Gasteiger partial charge in [-0.05, 0) is 23.0 Å². The first-order valence-corrected chi connectivity index (χ1v) is 10.5.